The Morgan fingerprint density at radius 1 is 0.840 bits per heavy atom. The maximum absolute atomic E-state index is 10.6. The summed E-state index contributed by atoms with van der Waals surface area (Å²) in [6, 6.07) is 20.3. The van der Waals surface area contributed by atoms with Crippen LogP contribution in [0.25, 0.3) is 0 Å². The first-order valence-electron chi connectivity index (χ1n) is 8.07. The van der Waals surface area contributed by atoms with Crippen LogP contribution in [0.1, 0.15) is 22.5 Å². The second kappa shape index (κ2) is 8.59. The number of ether oxygens (including phenoxy) is 2. The van der Waals surface area contributed by atoms with Crippen molar-refractivity contribution in [1.29, 1.82) is 0 Å². The first-order chi connectivity index (χ1) is 12.3. The van der Waals surface area contributed by atoms with Gasteiger partial charge in [-0.05, 0) is 55.3 Å². The van der Waals surface area contributed by atoms with E-state index in [1.807, 2.05) is 42.5 Å². The fraction of sp³-hybridized carbons (Fsp3) is 0.150. The molecule has 3 aromatic rings. The number of aldehydes is 1. The molecule has 0 amide bonds. The second-order valence-corrected chi connectivity index (χ2v) is 5.42. The summed E-state index contributed by atoms with van der Waals surface area (Å²) in [5.41, 5.74) is 1.53. The van der Waals surface area contributed by atoms with Gasteiger partial charge >= 0.3 is 0 Å². The van der Waals surface area contributed by atoms with Crippen molar-refractivity contribution in [2.24, 2.45) is 0 Å². The van der Waals surface area contributed by atoms with Crippen molar-refractivity contribution in [3.63, 3.8) is 0 Å². The summed E-state index contributed by atoms with van der Waals surface area (Å²) in [7, 11) is 0. The van der Waals surface area contributed by atoms with Crippen molar-refractivity contribution in [1.82, 2.24) is 10.2 Å². The van der Waals surface area contributed by atoms with Crippen LogP contribution in [0.4, 0.5) is 0 Å². The van der Waals surface area contributed by atoms with E-state index < -0.39 is 0 Å². The molecule has 0 radical (unpaired) electrons. The van der Waals surface area contributed by atoms with E-state index in [1.54, 1.807) is 24.3 Å². The van der Waals surface area contributed by atoms with Crippen molar-refractivity contribution in [3.05, 3.63) is 78.0 Å². The van der Waals surface area contributed by atoms with Gasteiger partial charge in [0.05, 0.1) is 12.3 Å². The van der Waals surface area contributed by atoms with Gasteiger partial charge in [0, 0.05) is 11.6 Å². The van der Waals surface area contributed by atoms with E-state index in [0.717, 1.165) is 36.3 Å². The van der Waals surface area contributed by atoms with Crippen LogP contribution in [-0.4, -0.2) is 23.1 Å². The second-order valence-electron chi connectivity index (χ2n) is 5.42. The summed E-state index contributed by atoms with van der Waals surface area (Å²) in [5, 5.41) is 8.26. The zero-order valence-electron chi connectivity index (χ0n) is 13.7. The Labute approximate surface area is 146 Å². The highest BCUT2D eigenvalue weighted by Crippen LogP contribution is 2.18. The third-order valence-corrected chi connectivity index (χ3v) is 3.52. The van der Waals surface area contributed by atoms with Crippen LogP contribution < -0.4 is 9.47 Å². The lowest BCUT2D eigenvalue weighted by Crippen LogP contribution is -2.01. The van der Waals surface area contributed by atoms with Gasteiger partial charge in [0.15, 0.2) is 0 Å². The number of aryl methyl sites for hydroxylation is 1. The Kier molecular flexibility index (Phi) is 5.72. The molecular weight excluding hydrogens is 316 g/mol. The average molecular weight is 334 g/mol. The highest BCUT2D eigenvalue weighted by Gasteiger charge is 2.01. The summed E-state index contributed by atoms with van der Waals surface area (Å²) >= 11 is 0. The fourth-order valence-corrected chi connectivity index (χ4v) is 2.23. The number of para-hydroxylation sites is 1. The van der Waals surface area contributed by atoms with Gasteiger partial charge in [0.2, 0.25) is 5.88 Å². The van der Waals surface area contributed by atoms with Crippen molar-refractivity contribution < 1.29 is 14.3 Å². The molecule has 0 N–H and O–H groups in total. The summed E-state index contributed by atoms with van der Waals surface area (Å²) in [6.07, 6.45) is 2.40. The van der Waals surface area contributed by atoms with Crippen molar-refractivity contribution in [2.45, 2.75) is 12.8 Å². The molecule has 0 saturated heterocycles. The van der Waals surface area contributed by atoms with Gasteiger partial charge in [-0.15, -0.1) is 5.10 Å². The standard InChI is InChI=1S/C20H18N2O3/c23-15-16-8-11-18(12-9-16)24-14-4-5-17-10-13-20(22-21-17)25-19-6-2-1-3-7-19/h1-3,6-13,15H,4-5,14H2. The molecule has 2 aromatic carbocycles. The quantitative estimate of drug-likeness (QED) is 0.458. The Bertz CT molecular complexity index is 787. The van der Waals surface area contributed by atoms with E-state index in [-0.39, 0.29) is 0 Å². The number of rotatable bonds is 8. The summed E-state index contributed by atoms with van der Waals surface area (Å²) in [5.74, 6) is 1.96. The van der Waals surface area contributed by atoms with Crippen LogP contribution in [0.3, 0.4) is 0 Å². The number of nitrogens with zero attached hydrogens (tertiary/aromatic N) is 2. The molecule has 0 fully saturated rings. The van der Waals surface area contributed by atoms with E-state index in [2.05, 4.69) is 10.2 Å². The molecular formula is C20H18N2O3. The van der Waals surface area contributed by atoms with E-state index in [1.165, 1.54) is 0 Å². The maximum atomic E-state index is 10.6. The van der Waals surface area contributed by atoms with Gasteiger partial charge < -0.3 is 9.47 Å². The Balaban J connectivity index is 1.43. The molecule has 0 aliphatic heterocycles. The topological polar surface area (TPSA) is 61.3 Å². The minimum atomic E-state index is 0.474. The van der Waals surface area contributed by atoms with E-state index >= 15 is 0 Å². The van der Waals surface area contributed by atoms with E-state index in [4.69, 9.17) is 9.47 Å². The van der Waals surface area contributed by atoms with Gasteiger partial charge in [-0.2, -0.15) is 5.10 Å². The van der Waals surface area contributed by atoms with Crippen molar-refractivity contribution >= 4 is 6.29 Å². The number of carbonyl (C=O) groups is 1. The van der Waals surface area contributed by atoms with Crippen molar-refractivity contribution in [3.8, 4) is 17.4 Å². The van der Waals surface area contributed by atoms with Crippen LogP contribution in [-0.2, 0) is 6.42 Å². The minimum Gasteiger partial charge on any atom is -0.494 e. The highest BCUT2D eigenvalue weighted by molar-refractivity contribution is 5.74. The molecule has 3 rings (SSSR count). The highest BCUT2D eigenvalue weighted by atomic mass is 16.5. The molecule has 0 bridgehead atoms. The summed E-state index contributed by atoms with van der Waals surface area (Å²) in [6.45, 7) is 0.574. The molecule has 1 heterocycles. The van der Waals surface area contributed by atoms with Gasteiger partial charge in [0.25, 0.3) is 0 Å². The number of hydrogen-bond acceptors (Lipinski definition) is 5. The predicted molar refractivity (Wildman–Crippen MR) is 94.2 cm³/mol. The summed E-state index contributed by atoms with van der Waals surface area (Å²) in [4.78, 5) is 10.6. The zero-order chi connectivity index (χ0) is 17.3. The molecule has 0 atom stereocenters. The average Bonchev–Trinajstić information content (AvgIpc) is 2.68. The predicted octanol–water partition coefficient (Wildman–Crippen LogP) is 4.09. The number of aromatic nitrogens is 2. The number of hydrogen-bond donors (Lipinski definition) is 0. The smallest absolute Gasteiger partial charge is 0.238 e. The van der Waals surface area contributed by atoms with Gasteiger partial charge in [-0.3, -0.25) is 4.79 Å². The Morgan fingerprint density at radius 3 is 2.32 bits per heavy atom. The van der Waals surface area contributed by atoms with E-state index in [0.29, 0.717) is 18.1 Å². The normalized spacial score (nSPS) is 10.2. The van der Waals surface area contributed by atoms with Crippen LogP contribution in [0.15, 0.2) is 66.7 Å². The molecule has 5 nitrogen and oxygen atoms in total. The fourth-order valence-electron chi connectivity index (χ4n) is 2.23. The van der Waals surface area contributed by atoms with Crippen LogP contribution in [0.2, 0.25) is 0 Å². The number of benzene rings is 2. The first-order valence-corrected chi connectivity index (χ1v) is 8.07. The molecule has 126 valence electrons. The minimum absolute atomic E-state index is 0.474. The molecule has 5 heteroatoms. The molecule has 1 aromatic heterocycles. The Morgan fingerprint density at radius 2 is 1.64 bits per heavy atom. The maximum Gasteiger partial charge on any atom is 0.238 e. The molecule has 0 saturated carbocycles. The lowest BCUT2D eigenvalue weighted by molar-refractivity contribution is 0.112. The monoisotopic (exact) mass is 334 g/mol. The largest absolute Gasteiger partial charge is 0.494 e. The number of carbonyl (C=O) groups excluding carboxylic acids is 1. The summed E-state index contributed by atoms with van der Waals surface area (Å²) < 4.78 is 11.3. The van der Waals surface area contributed by atoms with Crippen LogP contribution in [0.5, 0.6) is 17.4 Å². The SMILES string of the molecule is O=Cc1ccc(OCCCc2ccc(Oc3ccccc3)nn2)cc1. The van der Waals surface area contributed by atoms with Gasteiger partial charge in [0.1, 0.15) is 17.8 Å². The Hall–Kier alpha value is -3.21. The lowest BCUT2D eigenvalue weighted by atomic mass is 10.2. The third-order valence-electron chi connectivity index (χ3n) is 3.52. The first kappa shape index (κ1) is 16.6. The van der Waals surface area contributed by atoms with Crippen LogP contribution in [0, 0.1) is 0 Å². The molecule has 0 unspecified atom stereocenters. The zero-order valence-corrected chi connectivity index (χ0v) is 13.7. The van der Waals surface area contributed by atoms with Gasteiger partial charge in [-0.25, -0.2) is 0 Å². The van der Waals surface area contributed by atoms with Crippen molar-refractivity contribution in [2.75, 3.05) is 6.61 Å². The third kappa shape index (κ3) is 5.14. The molecule has 25 heavy (non-hydrogen) atoms. The van der Waals surface area contributed by atoms with Crippen LogP contribution >= 0.6 is 0 Å². The van der Waals surface area contributed by atoms with Gasteiger partial charge in [-0.1, -0.05) is 18.2 Å². The molecule has 0 aliphatic carbocycles. The molecule has 0 aliphatic rings. The van der Waals surface area contributed by atoms with E-state index in [9.17, 15) is 4.79 Å². The lowest BCUT2D eigenvalue weighted by Gasteiger charge is -2.06. The molecule has 0 spiro atoms.